The summed E-state index contributed by atoms with van der Waals surface area (Å²) < 4.78 is 39.4. The zero-order valence-corrected chi connectivity index (χ0v) is 19.1. The average molecular weight is 472 g/mol. The molecule has 0 saturated carbocycles. The van der Waals surface area contributed by atoms with Gasteiger partial charge < -0.3 is 4.90 Å². The third-order valence-electron chi connectivity index (χ3n) is 4.27. The van der Waals surface area contributed by atoms with Crippen molar-refractivity contribution in [2.75, 3.05) is 37.8 Å². The number of anilines is 1. The SMILES string of the molecule is CN(C)CCCN(C(=O)CS(=O)(=O)c1ccccc1)c1nc2ccc(F)cc2s1.Cl. The first kappa shape index (κ1) is 24.2. The molecule has 0 spiro atoms. The van der Waals surface area contributed by atoms with E-state index in [1.54, 1.807) is 24.3 Å². The van der Waals surface area contributed by atoms with Crippen molar-refractivity contribution in [1.29, 1.82) is 0 Å². The maximum Gasteiger partial charge on any atom is 0.244 e. The summed E-state index contributed by atoms with van der Waals surface area (Å²) in [6.45, 7) is 1.05. The lowest BCUT2D eigenvalue weighted by molar-refractivity contribution is -0.116. The summed E-state index contributed by atoms with van der Waals surface area (Å²) in [6, 6.07) is 12.1. The molecule has 0 fully saturated rings. The van der Waals surface area contributed by atoms with Gasteiger partial charge in [-0.25, -0.2) is 17.8 Å². The van der Waals surface area contributed by atoms with Crippen LogP contribution in [-0.4, -0.2) is 57.1 Å². The number of hydrogen-bond acceptors (Lipinski definition) is 6. The van der Waals surface area contributed by atoms with Crippen LogP contribution < -0.4 is 4.90 Å². The van der Waals surface area contributed by atoms with Gasteiger partial charge >= 0.3 is 0 Å². The molecule has 1 amide bonds. The maximum absolute atomic E-state index is 13.5. The lowest BCUT2D eigenvalue weighted by Crippen LogP contribution is -2.37. The van der Waals surface area contributed by atoms with Gasteiger partial charge in [0.25, 0.3) is 0 Å². The van der Waals surface area contributed by atoms with Crippen molar-refractivity contribution in [3.05, 3.63) is 54.3 Å². The van der Waals surface area contributed by atoms with Gasteiger partial charge in [0.15, 0.2) is 15.0 Å². The Balaban J connectivity index is 0.00000320. The lowest BCUT2D eigenvalue weighted by atomic mass is 10.3. The van der Waals surface area contributed by atoms with Gasteiger partial charge in [0.05, 0.1) is 15.1 Å². The van der Waals surface area contributed by atoms with Gasteiger partial charge in [-0.15, -0.1) is 12.4 Å². The van der Waals surface area contributed by atoms with Crippen molar-refractivity contribution in [3.63, 3.8) is 0 Å². The molecular weight excluding hydrogens is 449 g/mol. The molecule has 10 heteroatoms. The number of carbonyl (C=O) groups excluding carboxylic acids is 1. The van der Waals surface area contributed by atoms with Gasteiger partial charge in [0.1, 0.15) is 11.6 Å². The second-order valence-electron chi connectivity index (χ2n) is 6.88. The van der Waals surface area contributed by atoms with Crippen molar-refractivity contribution in [2.24, 2.45) is 0 Å². The zero-order valence-electron chi connectivity index (χ0n) is 16.6. The molecule has 6 nitrogen and oxygen atoms in total. The standard InChI is InChI=1S/C20H22FN3O3S2.ClH/c1-23(2)11-6-12-24(20-22-17-10-9-15(21)13-18(17)28-20)19(25)14-29(26,27)16-7-4-3-5-8-16;/h3-5,7-10,13H,6,11-12,14H2,1-2H3;1H. The molecule has 0 unspecified atom stereocenters. The molecule has 0 radical (unpaired) electrons. The first-order valence-electron chi connectivity index (χ1n) is 9.05. The minimum atomic E-state index is -3.78. The molecule has 0 aliphatic rings. The molecule has 0 saturated heterocycles. The maximum atomic E-state index is 13.5. The Labute approximate surface area is 185 Å². The second-order valence-corrected chi connectivity index (χ2v) is 9.88. The third-order valence-corrected chi connectivity index (χ3v) is 6.93. The van der Waals surface area contributed by atoms with Crippen LogP contribution in [0.5, 0.6) is 0 Å². The highest BCUT2D eigenvalue weighted by molar-refractivity contribution is 7.92. The number of halogens is 2. The van der Waals surface area contributed by atoms with Gasteiger partial charge in [-0.1, -0.05) is 29.5 Å². The van der Waals surface area contributed by atoms with Crippen LogP contribution in [0.3, 0.4) is 0 Å². The Morgan fingerprint density at radius 2 is 1.80 bits per heavy atom. The van der Waals surface area contributed by atoms with Crippen molar-refractivity contribution < 1.29 is 17.6 Å². The van der Waals surface area contributed by atoms with Crippen LogP contribution in [0.25, 0.3) is 10.2 Å². The van der Waals surface area contributed by atoms with Gasteiger partial charge in [0.2, 0.25) is 5.91 Å². The molecule has 0 N–H and O–H groups in total. The summed E-state index contributed by atoms with van der Waals surface area (Å²) in [5.41, 5.74) is 0.572. The number of aromatic nitrogens is 1. The summed E-state index contributed by atoms with van der Waals surface area (Å²) in [5.74, 6) is -1.58. The van der Waals surface area contributed by atoms with E-state index in [0.29, 0.717) is 28.3 Å². The molecule has 3 aromatic rings. The molecule has 2 aromatic carbocycles. The van der Waals surface area contributed by atoms with Gasteiger partial charge in [-0.2, -0.15) is 0 Å². The topological polar surface area (TPSA) is 70.6 Å². The summed E-state index contributed by atoms with van der Waals surface area (Å²) in [5, 5.41) is 0.373. The summed E-state index contributed by atoms with van der Waals surface area (Å²) >= 11 is 1.17. The van der Waals surface area contributed by atoms with Crippen LogP contribution >= 0.6 is 23.7 Å². The molecule has 1 aromatic heterocycles. The van der Waals surface area contributed by atoms with E-state index in [4.69, 9.17) is 0 Å². The zero-order chi connectivity index (χ0) is 21.0. The minimum Gasteiger partial charge on any atom is -0.309 e. The van der Waals surface area contributed by atoms with Crippen molar-refractivity contribution in [2.45, 2.75) is 11.3 Å². The Kier molecular flexibility index (Phi) is 8.31. The third kappa shape index (κ3) is 5.98. The van der Waals surface area contributed by atoms with Crippen LogP contribution in [0.4, 0.5) is 9.52 Å². The Bertz CT molecular complexity index is 1100. The number of carbonyl (C=O) groups is 1. The lowest BCUT2D eigenvalue weighted by Gasteiger charge is -2.21. The summed E-state index contributed by atoms with van der Waals surface area (Å²) in [4.78, 5) is 20.9. The predicted octanol–water partition coefficient (Wildman–Crippen LogP) is 3.62. The fourth-order valence-corrected chi connectivity index (χ4v) is 5.08. The first-order chi connectivity index (χ1) is 13.8. The molecule has 30 heavy (non-hydrogen) atoms. The number of thiazole rings is 1. The van der Waals surface area contributed by atoms with Crippen molar-refractivity contribution in [1.82, 2.24) is 9.88 Å². The molecule has 0 bridgehead atoms. The van der Waals surface area contributed by atoms with Crippen molar-refractivity contribution in [3.8, 4) is 0 Å². The van der Waals surface area contributed by atoms with E-state index < -0.39 is 21.5 Å². The molecule has 0 atom stereocenters. The number of fused-ring (bicyclic) bond motifs is 1. The van der Waals surface area contributed by atoms with E-state index in [1.807, 2.05) is 19.0 Å². The van der Waals surface area contributed by atoms with Crippen LogP contribution in [0.2, 0.25) is 0 Å². The molecule has 0 aliphatic heterocycles. The number of amides is 1. The van der Waals surface area contributed by atoms with Crippen molar-refractivity contribution >= 4 is 54.8 Å². The average Bonchev–Trinajstić information content (AvgIpc) is 3.07. The van der Waals surface area contributed by atoms with E-state index in [2.05, 4.69) is 4.98 Å². The van der Waals surface area contributed by atoms with E-state index in [9.17, 15) is 17.6 Å². The van der Waals surface area contributed by atoms with E-state index in [-0.39, 0.29) is 23.1 Å². The normalized spacial score (nSPS) is 11.5. The number of sulfone groups is 1. The largest absolute Gasteiger partial charge is 0.309 e. The molecule has 3 rings (SSSR count). The van der Waals surface area contributed by atoms with E-state index in [0.717, 1.165) is 6.54 Å². The summed E-state index contributed by atoms with van der Waals surface area (Å²) in [6.07, 6.45) is 0.647. The quantitative estimate of drug-likeness (QED) is 0.502. The van der Waals surface area contributed by atoms with E-state index in [1.165, 1.54) is 40.5 Å². The molecule has 1 heterocycles. The number of hydrogen-bond donors (Lipinski definition) is 0. The Morgan fingerprint density at radius 3 is 2.47 bits per heavy atom. The molecule has 0 aliphatic carbocycles. The smallest absolute Gasteiger partial charge is 0.244 e. The van der Waals surface area contributed by atoms with Crippen LogP contribution in [-0.2, 0) is 14.6 Å². The van der Waals surface area contributed by atoms with Crippen LogP contribution in [0.1, 0.15) is 6.42 Å². The highest BCUT2D eigenvalue weighted by Gasteiger charge is 2.26. The van der Waals surface area contributed by atoms with Crippen LogP contribution in [0, 0.1) is 5.82 Å². The fraction of sp³-hybridized carbons (Fsp3) is 0.300. The highest BCUT2D eigenvalue weighted by atomic mass is 35.5. The minimum absolute atomic E-state index is 0. The number of rotatable bonds is 8. The first-order valence-corrected chi connectivity index (χ1v) is 11.5. The Hall–Kier alpha value is -2.07. The number of benzene rings is 2. The monoisotopic (exact) mass is 471 g/mol. The molecule has 162 valence electrons. The van der Waals surface area contributed by atoms with Gasteiger partial charge in [-0.3, -0.25) is 9.69 Å². The fourth-order valence-electron chi connectivity index (χ4n) is 2.83. The van der Waals surface area contributed by atoms with Gasteiger partial charge in [-0.05, 0) is 57.4 Å². The summed E-state index contributed by atoms with van der Waals surface area (Å²) in [7, 11) is 0.0707. The van der Waals surface area contributed by atoms with Gasteiger partial charge in [0, 0.05) is 6.54 Å². The Morgan fingerprint density at radius 1 is 1.10 bits per heavy atom. The predicted molar refractivity (Wildman–Crippen MR) is 121 cm³/mol. The highest BCUT2D eigenvalue weighted by Crippen LogP contribution is 2.30. The van der Waals surface area contributed by atoms with E-state index >= 15 is 0 Å². The second kappa shape index (κ2) is 10.3. The molecular formula is C20H23ClFN3O3S2. The van der Waals surface area contributed by atoms with Crippen LogP contribution in [0.15, 0.2) is 53.4 Å². The number of nitrogens with zero attached hydrogens (tertiary/aromatic N) is 3.